The van der Waals surface area contributed by atoms with E-state index >= 15 is 0 Å². The summed E-state index contributed by atoms with van der Waals surface area (Å²) in [6.45, 7) is 0. The van der Waals surface area contributed by atoms with Gasteiger partial charge in [0.15, 0.2) is 6.10 Å². The van der Waals surface area contributed by atoms with Gasteiger partial charge in [-0.2, -0.15) is 0 Å². The van der Waals surface area contributed by atoms with Crippen LogP contribution in [0.2, 0.25) is 5.02 Å². The van der Waals surface area contributed by atoms with Crippen molar-refractivity contribution in [3.8, 4) is 5.75 Å². The monoisotopic (exact) mass is 331 g/mol. The molecule has 0 unspecified atom stereocenters. The average molecular weight is 332 g/mol. The maximum atomic E-state index is 12.3. The summed E-state index contributed by atoms with van der Waals surface area (Å²) in [5.41, 5.74) is 1.76. The van der Waals surface area contributed by atoms with Crippen molar-refractivity contribution in [1.82, 2.24) is 0 Å². The summed E-state index contributed by atoms with van der Waals surface area (Å²) in [6, 6.07) is 11.9. The maximum Gasteiger partial charge on any atom is 0.339 e. The number of methoxy groups -OCH3 is 1. The van der Waals surface area contributed by atoms with Crippen LogP contribution in [0.25, 0.3) is 0 Å². The molecule has 0 fully saturated rings. The molecule has 0 aromatic heterocycles. The zero-order valence-electron chi connectivity index (χ0n) is 12.3. The summed E-state index contributed by atoms with van der Waals surface area (Å²) in [6.07, 6.45) is -0.543. The van der Waals surface area contributed by atoms with Crippen LogP contribution in [-0.4, -0.2) is 25.1 Å². The van der Waals surface area contributed by atoms with Crippen LogP contribution in [0.3, 0.4) is 0 Å². The van der Waals surface area contributed by atoms with Gasteiger partial charge in [0.2, 0.25) is 0 Å². The summed E-state index contributed by atoms with van der Waals surface area (Å²) in [4.78, 5) is 24.3. The van der Waals surface area contributed by atoms with Gasteiger partial charge in [-0.1, -0.05) is 17.7 Å². The number of cyclic esters (lactones) is 1. The fourth-order valence-electron chi connectivity index (χ4n) is 2.39. The standard InChI is InChI=1S/C17H14ClNO4/c1-22-13-6-4-12(5-7-13)19-16(20)15-8-10-2-3-11(18)9-14(10)17(21)23-15/h2-7,9,15H,8H2,1H3,(H,19,20)/t15-/m1/s1. The lowest BCUT2D eigenvalue weighted by Crippen LogP contribution is -2.38. The van der Waals surface area contributed by atoms with Crippen LogP contribution in [-0.2, 0) is 16.0 Å². The molecule has 0 saturated carbocycles. The normalized spacial score (nSPS) is 16.3. The highest BCUT2D eigenvalue weighted by Gasteiger charge is 2.31. The number of esters is 1. The third-order valence-electron chi connectivity index (χ3n) is 3.60. The van der Waals surface area contributed by atoms with Crippen LogP contribution >= 0.6 is 11.6 Å². The van der Waals surface area contributed by atoms with E-state index in [4.69, 9.17) is 21.1 Å². The molecule has 0 saturated heterocycles. The number of anilines is 1. The number of rotatable bonds is 3. The first-order valence-corrected chi connectivity index (χ1v) is 7.39. The van der Waals surface area contributed by atoms with Crippen LogP contribution in [0, 0.1) is 0 Å². The van der Waals surface area contributed by atoms with Gasteiger partial charge in [-0.05, 0) is 42.0 Å². The van der Waals surface area contributed by atoms with E-state index < -0.39 is 12.1 Å². The largest absolute Gasteiger partial charge is 0.497 e. The Bertz CT molecular complexity index is 758. The molecule has 1 aliphatic rings. The van der Waals surface area contributed by atoms with Gasteiger partial charge >= 0.3 is 5.97 Å². The number of fused-ring (bicyclic) bond motifs is 1. The van der Waals surface area contributed by atoms with Crippen LogP contribution in [0.1, 0.15) is 15.9 Å². The third-order valence-corrected chi connectivity index (χ3v) is 3.83. The van der Waals surface area contributed by atoms with Crippen molar-refractivity contribution in [2.75, 3.05) is 12.4 Å². The summed E-state index contributed by atoms with van der Waals surface area (Å²) < 4.78 is 10.3. The Labute approximate surface area is 138 Å². The minimum atomic E-state index is -0.863. The molecule has 5 nitrogen and oxygen atoms in total. The molecule has 1 N–H and O–H groups in total. The number of nitrogens with one attached hydrogen (secondary N) is 1. The zero-order valence-corrected chi connectivity index (χ0v) is 13.1. The summed E-state index contributed by atoms with van der Waals surface area (Å²) in [5, 5.41) is 3.19. The molecule has 1 heterocycles. The van der Waals surface area contributed by atoms with Gasteiger partial charge in [0.25, 0.3) is 5.91 Å². The quantitative estimate of drug-likeness (QED) is 0.878. The summed E-state index contributed by atoms with van der Waals surface area (Å²) in [5.74, 6) is -0.217. The van der Waals surface area contributed by atoms with Gasteiger partial charge in [0.1, 0.15) is 5.75 Å². The van der Waals surface area contributed by atoms with E-state index in [-0.39, 0.29) is 5.91 Å². The molecule has 3 rings (SSSR count). The number of benzene rings is 2. The Morgan fingerprint density at radius 3 is 2.70 bits per heavy atom. The molecule has 0 spiro atoms. The number of amides is 1. The Balaban J connectivity index is 1.73. The molecule has 1 atom stereocenters. The SMILES string of the molecule is COc1ccc(NC(=O)[C@H]2Cc3ccc(Cl)cc3C(=O)O2)cc1. The lowest BCUT2D eigenvalue weighted by Gasteiger charge is -2.24. The highest BCUT2D eigenvalue weighted by Crippen LogP contribution is 2.25. The van der Waals surface area contributed by atoms with E-state index in [1.54, 1.807) is 49.6 Å². The van der Waals surface area contributed by atoms with Crippen molar-refractivity contribution in [1.29, 1.82) is 0 Å². The van der Waals surface area contributed by atoms with Crippen molar-refractivity contribution in [3.05, 3.63) is 58.6 Å². The fourth-order valence-corrected chi connectivity index (χ4v) is 2.57. The average Bonchev–Trinajstić information content (AvgIpc) is 2.56. The number of carbonyl (C=O) groups is 2. The molecule has 0 aliphatic carbocycles. The summed E-state index contributed by atoms with van der Waals surface area (Å²) in [7, 11) is 1.57. The number of carbonyl (C=O) groups excluding carboxylic acids is 2. The number of hydrogen-bond acceptors (Lipinski definition) is 4. The van der Waals surface area contributed by atoms with Crippen LogP contribution in [0.5, 0.6) is 5.75 Å². The Morgan fingerprint density at radius 1 is 1.26 bits per heavy atom. The number of ether oxygens (including phenoxy) is 2. The molecular weight excluding hydrogens is 318 g/mol. The molecule has 23 heavy (non-hydrogen) atoms. The van der Waals surface area contributed by atoms with Crippen molar-refractivity contribution >= 4 is 29.2 Å². The molecule has 0 bridgehead atoms. The second-order valence-electron chi connectivity index (χ2n) is 5.12. The first kappa shape index (κ1) is 15.4. The van der Waals surface area contributed by atoms with E-state index in [9.17, 15) is 9.59 Å². The van der Waals surface area contributed by atoms with E-state index in [0.29, 0.717) is 28.4 Å². The third kappa shape index (κ3) is 3.29. The van der Waals surface area contributed by atoms with Gasteiger partial charge in [-0.15, -0.1) is 0 Å². The Kier molecular flexibility index (Phi) is 4.21. The first-order valence-electron chi connectivity index (χ1n) is 7.01. The number of hydrogen-bond donors (Lipinski definition) is 1. The molecule has 6 heteroatoms. The molecule has 2 aromatic rings. The molecule has 2 aromatic carbocycles. The van der Waals surface area contributed by atoms with Crippen LogP contribution in [0.15, 0.2) is 42.5 Å². The lowest BCUT2D eigenvalue weighted by atomic mass is 9.98. The van der Waals surface area contributed by atoms with Gasteiger partial charge in [0, 0.05) is 17.1 Å². The van der Waals surface area contributed by atoms with Crippen molar-refractivity contribution in [2.45, 2.75) is 12.5 Å². The Morgan fingerprint density at radius 2 is 2.00 bits per heavy atom. The Hall–Kier alpha value is -2.53. The second-order valence-corrected chi connectivity index (χ2v) is 5.55. The number of halogens is 1. The van der Waals surface area contributed by atoms with E-state index in [1.165, 1.54) is 0 Å². The van der Waals surface area contributed by atoms with Gasteiger partial charge in [-0.3, -0.25) is 4.79 Å². The van der Waals surface area contributed by atoms with Gasteiger partial charge in [0.05, 0.1) is 12.7 Å². The van der Waals surface area contributed by atoms with E-state index in [2.05, 4.69) is 5.32 Å². The highest BCUT2D eigenvalue weighted by atomic mass is 35.5. The van der Waals surface area contributed by atoms with Gasteiger partial charge in [-0.25, -0.2) is 4.79 Å². The van der Waals surface area contributed by atoms with Crippen molar-refractivity contribution < 1.29 is 19.1 Å². The molecule has 0 radical (unpaired) electrons. The predicted molar refractivity (Wildman–Crippen MR) is 86.0 cm³/mol. The predicted octanol–water partition coefficient (Wildman–Crippen LogP) is 3.07. The molecule has 1 aliphatic heterocycles. The highest BCUT2D eigenvalue weighted by molar-refractivity contribution is 6.31. The maximum absolute atomic E-state index is 12.3. The minimum absolute atomic E-state index is 0.320. The van der Waals surface area contributed by atoms with Crippen LogP contribution < -0.4 is 10.1 Å². The fraction of sp³-hybridized carbons (Fsp3) is 0.176. The zero-order chi connectivity index (χ0) is 16.4. The lowest BCUT2D eigenvalue weighted by molar-refractivity contribution is -0.125. The van der Waals surface area contributed by atoms with Crippen molar-refractivity contribution in [3.63, 3.8) is 0 Å². The topological polar surface area (TPSA) is 64.6 Å². The molecule has 118 valence electrons. The first-order chi connectivity index (χ1) is 11.1. The second kappa shape index (κ2) is 6.30. The van der Waals surface area contributed by atoms with E-state index in [1.807, 2.05) is 0 Å². The van der Waals surface area contributed by atoms with Crippen molar-refractivity contribution in [2.24, 2.45) is 0 Å². The molecular formula is C17H14ClNO4. The molecule has 1 amide bonds. The van der Waals surface area contributed by atoms with Crippen LogP contribution in [0.4, 0.5) is 5.69 Å². The van der Waals surface area contributed by atoms with Gasteiger partial charge < -0.3 is 14.8 Å². The minimum Gasteiger partial charge on any atom is -0.497 e. The summed E-state index contributed by atoms with van der Waals surface area (Å²) >= 11 is 5.88. The van der Waals surface area contributed by atoms with E-state index in [0.717, 1.165) is 5.56 Å². The smallest absolute Gasteiger partial charge is 0.339 e.